The van der Waals surface area contributed by atoms with Crippen molar-refractivity contribution >= 4 is 21.8 Å². The van der Waals surface area contributed by atoms with Gasteiger partial charge in [0.2, 0.25) is 10.0 Å². The van der Waals surface area contributed by atoms with Gasteiger partial charge < -0.3 is 5.11 Å². The fraction of sp³-hybridized carbons (Fsp3) is 0.538. The standard InChI is InChI=1S/C13H18FNO3S2/c1-19-12-4-2-3-11(12)15-20(17,18)13-7-10(14)6-5-9(13)8-16/h5-7,11-12,15-16H,2-4,8H2,1H3. The van der Waals surface area contributed by atoms with Gasteiger partial charge in [-0.1, -0.05) is 12.5 Å². The van der Waals surface area contributed by atoms with Gasteiger partial charge in [-0.3, -0.25) is 0 Å². The monoisotopic (exact) mass is 319 g/mol. The Bertz CT molecular complexity index is 577. The third-order valence-corrected chi connectivity index (χ3v) is 6.29. The van der Waals surface area contributed by atoms with Crippen LogP contribution in [0.25, 0.3) is 0 Å². The van der Waals surface area contributed by atoms with Crippen LogP contribution in [-0.4, -0.2) is 31.1 Å². The highest BCUT2D eigenvalue weighted by molar-refractivity contribution is 7.99. The Morgan fingerprint density at radius 3 is 2.85 bits per heavy atom. The van der Waals surface area contributed by atoms with Crippen LogP contribution in [0.2, 0.25) is 0 Å². The van der Waals surface area contributed by atoms with E-state index in [4.69, 9.17) is 0 Å². The van der Waals surface area contributed by atoms with E-state index < -0.39 is 22.4 Å². The molecule has 112 valence electrons. The lowest BCUT2D eigenvalue weighted by Crippen LogP contribution is -2.39. The molecule has 1 aromatic carbocycles. The number of aliphatic hydroxyl groups excluding tert-OH is 1. The third kappa shape index (κ3) is 3.33. The number of nitrogens with one attached hydrogen (secondary N) is 1. The molecule has 0 spiro atoms. The second-order valence-corrected chi connectivity index (χ2v) is 7.60. The summed E-state index contributed by atoms with van der Waals surface area (Å²) in [5, 5.41) is 9.46. The quantitative estimate of drug-likeness (QED) is 0.870. The van der Waals surface area contributed by atoms with Crippen molar-refractivity contribution in [1.29, 1.82) is 0 Å². The summed E-state index contributed by atoms with van der Waals surface area (Å²) >= 11 is 1.64. The third-order valence-electron chi connectivity index (χ3n) is 3.55. The zero-order valence-corrected chi connectivity index (χ0v) is 12.8. The van der Waals surface area contributed by atoms with Gasteiger partial charge in [0, 0.05) is 11.3 Å². The molecule has 2 N–H and O–H groups in total. The van der Waals surface area contributed by atoms with E-state index in [1.54, 1.807) is 11.8 Å². The Labute approximate surface area is 122 Å². The van der Waals surface area contributed by atoms with Crippen LogP contribution >= 0.6 is 11.8 Å². The molecule has 0 radical (unpaired) electrons. The van der Waals surface area contributed by atoms with E-state index in [-0.39, 0.29) is 21.8 Å². The fourth-order valence-electron chi connectivity index (χ4n) is 2.51. The molecule has 0 amide bonds. The van der Waals surface area contributed by atoms with Crippen LogP contribution in [-0.2, 0) is 16.6 Å². The van der Waals surface area contributed by atoms with Crippen LogP contribution in [0.4, 0.5) is 4.39 Å². The van der Waals surface area contributed by atoms with Gasteiger partial charge in [0.15, 0.2) is 0 Å². The number of halogens is 1. The number of rotatable bonds is 5. The molecule has 0 aliphatic heterocycles. The van der Waals surface area contributed by atoms with Gasteiger partial charge in [0.25, 0.3) is 0 Å². The van der Waals surface area contributed by atoms with E-state index in [1.807, 2.05) is 6.26 Å². The second kappa shape index (κ2) is 6.43. The second-order valence-electron chi connectivity index (χ2n) is 4.84. The normalized spacial score (nSPS) is 23.1. The zero-order chi connectivity index (χ0) is 14.8. The molecular weight excluding hydrogens is 301 g/mol. The van der Waals surface area contributed by atoms with Gasteiger partial charge in [-0.05, 0) is 36.8 Å². The number of hydrogen-bond acceptors (Lipinski definition) is 4. The number of benzene rings is 1. The first-order valence-corrected chi connectivity index (χ1v) is 9.19. The summed E-state index contributed by atoms with van der Waals surface area (Å²) < 4.78 is 40.7. The van der Waals surface area contributed by atoms with Crippen LogP contribution < -0.4 is 4.72 Å². The number of thioether (sulfide) groups is 1. The van der Waals surface area contributed by atoms with E-state index in [2.05, 4.69) is 4.72 Å². The van der Waals surface area contributed by atoms with E-state index in [0.29, 0.717) is 0 Å². The molecule has 1 fully saturated rings. The molecule has 4 nitrogen and oxygen atoms in total. The van der Waals surface area contributed by atoms with Crippen LogP contribution in [0.15, 0.2) is 23.1 Å². The molecule has 0 saturated heterocycles. The molecule has 1 aliphatic carbocycles. The highest BCUT2D eigenvalue weighted by Crippen LogP contribution is 2.30. The average molecular weight is 319 g/mol. The van der Waals surface area contributed by atoms with Crippen LogP contribution in [0.5, 0.6) is 0 Å². The minimum absolute atomic E-state index is 0.134. The lowest BCUT2D eigenvalue weighted by molar-refractivity contribution is 0.278. The summed E-state index contributed by atoms with van der Waals surface area (Å²) in [5.41, 5.74) is 0.206. The average Bonchev–Trinajstić information content (AvgIpc) is 2.85. The molecule has 2 rings (SSSR count). The smallest absolute Gasteiger partial charge is 0.241 e. The molecule has 1 aromatic rings. The lowest BCUT2D eigenvalue weighted by Gasteiger charge is -2.20. The van der Waals surface area contributed by atoms with Crippen LogP contribution in [0.1, 0.15) is 24.8 Å². The van der Waals surface area contributed by atoms with Crippen molar-refractivity contribution in [3.8, 4) is 0 Å². The van der Waals surface area contributed by atoms with E-state index in [9.17, 15) is 17.9 Å². The van der Waals surface area contributed by atoms with Crippen molar-refractivity contribution in [2.24, 2.45) is 0 Å². The van der Waals surface area contributed by atoms with Crippen LogP contribution in [0, 0.1) is 5.82 Å². The summed E-state index contributed by atoms with van der Waals surface area (Å²) in [6.07, 6.45) is 4.70. The van der Waals surface area contributed by atoms with E-state index in [0.717, 1.165) is 31.4 Å². The van der Waals surface area contributed by atoms with Crippen molar-refractivity contribution in [2.75, 3.05) is 6.26 Å². The summed E-state index contributed by atoms with van der Waals surface area (Å²) in [7, 11) is -3.82. The van der Waals surface area contributed by atoms with Gasteiger partial charge in [0.1, 0.15) is 5.82 Å². The minimum Gasteiger partial charge on any atom is -0.392 e. The van der Waals surface area contributed by atoms with Crippen LogP contribution in [0.3, 0.4) is 0 Å². The number of aliphatic hydroxyl groups is 1. The molecule has 20 heavy (non-hydrogen) atoms. The van der Waals surface area contributed by atoms with E-state index in [1.165, 1.54) is 6.07 Å². The lowest BCUT2D eigenvalue weighted by atomic mass is 10.2. The molecule has 1 saturated carbocycles. The van der Waals surface area contributed by atoms with Gasteiger partial charge in [-0.15, -0.1) is 0 Å². The first-order chi connectivity index (χ1) is 9.47. The Kier molecular flexibility index (Phi) is 5.06. The topological polar surface area (TPSA) is 66.4 Å². The van der Waals surface area contributed by atoms with Crippen molar-refractivity contribution in [1.82, 2.24) is 4.72 Å². The Balaban J connectivity index is 2.28. The largest absolute Gasteiger partial charge is 0.392 e. The fourth-order valence-corrected chi connectivity index (χ4v) is 5.09. The number of hydrogen-bond donors (Lipinski definition) is 2. The first-order valence-electron chi connectivity index (χ1n) is 6.42. The SMILES string of the molecule is CSC1CCCC1NS(=O)(=O)c1cc(F)ccc1CO. The minimum atomic E-state index is -3.82. The highest BCUT2D eigenvalue weighted by atomic mass is 32.2. The molecule has 2 atom stereocenters. The Morgan fingerprint density at radius 1 is 1.45 bits per heavy atom. The maximum absolute atomic E-state index is 13.3. The summed E-state index contributed by atoms with van der Waals surface area (Å²) in [6.45, 7) is -0.437. The first kappa shape index (κ1) is 15.8. The Morgan fingerprint density at radius 2 is 2.20 bits per heavy atom. The van der Waals surface area contributed by atoms with Crippen molar-refractivity contribution < 1.29 is 17.9 Å². The molecule has 2 unspecified atom stereocenters. The van der Waals surface area contributed by atoms with Gasteiger partial charge in [0.05, 0.1) is 11.5 Å². The zero-order valence-electron chi connectivity index (χ0n) is 11.2. The molecule has 0 bridgehead atoms. The number of sulfonamides is 1. The summed E-state index contributed by atoms with van der Waals surface area (Å²) in [4.78, 5) is -0.174. The predicted octanol–water partition coefficient (Wildman–Crippen LogP) is 1.88. The van der Waals surface area contributed by atoms with Crippen molar-refractivity contribution in [3.05, 3.63) is 29.6 Å². The summed E-state index contributed by atoms with van der Waals surface area (Å²) in [6, 6.07) is 3.26. The molecule has 7 heteroatoms. The maximum atomic E-state index is 13.3. The van der Waals surface area contributed by atoms with Crippen molar-refractivity contribution in [2.45, 2.75) is 42.1 Å². The van der Waals surface area contributed by atoms with E-state index >= 15 is 0 Å². The van der Waals surface area contributed by atoms with Gasteiger partial charge in [-0.25, -0.2) is 17.5 Å². The highest BCUT2D eigenvalue weighted by Gasteiger charge is 2.31. The summed E-state index contributed by atoms with van der Waals surface area (Å²) in [5.74, 6) is -0.629. The van der Waals surface area contributed by atoms with Crippen molar-refractivity contribution in [3.63, 3.8) is 0 Å². The van der Waals surface area contributed by atoms with Gasteiger partial charge in [-0.2, -0.15) is 11.8 Å². The molecule has 0 aromatic heterocycles. The molecular formula is C13H18FNO3S2. The predicted molar refractivity (Wildman–Crippen MR) is 77.6 cm³/mol. The Hall–Kier alpha value is -0.630. The molecule has 0 heterocycles. The molecule has 1 aliphatic rings. The van der Waals surface area contributed by atoms with Gasteiger partial charge >= 0.3 is 0 Å². The maximum Gasteiger partial charge on any atom is 0.241 e.